The minimum atomic E-state index is -0.362. The number of esters is 2. The fraction of sp³-hybridized carbons (Fsp3) is 0.538. The molecule has 1 aromatic carbocycles. The van der Waals surface area contributed by atoms with Gasteiger partial charge in [0.15, 0.2) is 0 Å². The molecule has 1 saturated carbocycles. The second kappa shape index (κ2) is 18.9. The maximum atomic E-state index is 11.2. The van der Waals surface area contributed by atoms with E-state index in [1.54, 1.807) is 26.0 Å². The van der Waals surface area contributed by atoms with Crippen LogP contribution in [-0.4, -0.2) is 74.0 Å². The minimum Gasteiger partial charge on any atom is -0.463 e. The number of rotatable bonds is 12. The van der Waals surface area contributed by atoms with E-state index in [-0.39, 0.29) is 37.4 Å². The molecule has 0 atom stereocenters. The topological polar surface area (TPSA) is 112 Å². The van der Waals surface area contributed by atoms with Crippen molar-refractivity contribution in [2.75, 3.05) is 39.6 Å². The molecular weight excluding hydrogens is 440 g/mol. The van der Waals surface area contributed by atoms with Crippen LogP contribution in [0.4, 0.5) is 0 Å². The minimum absolute atomic E-state index is 0.0982. The highest BCUT2D eigenvalue weighted by molar-refractivity contribution is 5.88. The molecule has 1 aliphatic carbocycles. The number of carbonyl (C=O) groups excluding carboxylic acids is 2. The molecule has 8 nitrogen and oxygen atoms in total. The number of benzene rings is 1. The van der Waals surface area contributed by atoms with Crippen molar-refractivity contribution in [2.24, 2.45) is 0 Å². The van der Waals surface area contributed by atoms with E-state index in [2.05, 4.69) is 0 Å². The lowest BCUT2D eigenvalue weighted by molar-refractivity contribution is -0.138. The third-order valence-electron chi connectivity index (χ3n) is 4.84. The van der Waals surface area contributed by atoms with Gasteiger partial charge < -0.3 is 29.2 Å². The molecule has 0 aliphatic heterocycles. The van der Waals surface area contributed by atoms with Gasteiger partial charge in [-0.2, -0.15) is 0 Å². The molecule has 0 saturated heterocycles. The van der Waals surface area contributed by atoms with Crippen molar-refractivity contribution < 1.29 is 38.7 Å². The molecule has 1 aliphatic rings. The van der Waals surface area contributed by atoms with E-state index in [9.17, 15) is 9.59 Å². The summed E-state index contributed by atoms with van der Waals surface area (Å²) in [5.41, 5.74) is 1.76. The van der Waals surface area contributed by atoms with Gasteiger partial charge in [0, 0.05) is 12.2 Å². The van der Waals surface area contributed by atoms with Crippen LogP contribution < -0.4 is 0 Å². The zero-order valence-electron chi connectivity index (χ0n) is 20.2. The average Bonchev–Trinajstić information content (AvgIpc) is 2.86. The van der Waals surface area contributed by atoms with Crippen LogP contribution in [0.25, 0.3) is 12.2 Å². The number of ether oxygens (including phenoxy) is 4. The zero-order valence-corrected chi connectivity index (χ0v) is 20.2. The summed E-state index contributed by atoms with van der Waals surface area (Å²) in [5, 5.41) is 17.2. The van der Waals surface area contributed by atoms with Crippen molar-refractivity contribution in [2.45, 2.75) is 51.7 Å². The molecule has 0 amide bonds. The largest absolute Gasteiger partial charge is 0.463 e. The molecule has 0 spiro atoms. The highest BCUT2D eigenvalue weighted by atomic mass is 16.5. The van der Waals surface area contributed by atoms with Crippen LogP contribution >= 0.6 is 0 Å². The lowest BCUT2D eigenvalue weighted by Crippen LogP contribution is -2.27. The van der Waals surface area contributed by atoms with E-state index < -0.39 is 0 Å². The van der Waals surface area contributed by atoms with Gasteiger partial charge in [0.2, 0.25) is 0 Å². The Hall–Kier alpha value is -2.52. The zero-order chi connectivity index (χ0) is 25.0. The summed E-state index contributed by atoms with van der Waals surface area (Å²) in [4.78, 5) is 22.3. The van der Waals surface area contributed by atoms with Gasteiger partial charge in [0.1, 0.15) is 0 Å². The summed E-state index contributed by atoms with van der Waals surface area (Å²) < 4.78 is 20.4. The van der Waals surface area contributed by atoms with Crippen molar-refractivity contribution in [1.29, 1.82) is 0 Å². The number of hydrogen-bond acceptors (Lipinski definition) is 8. The maximum absolute atomic E-state index is 11.2. The Morgan fingerprint density at radius 3 is 1.41 bits per heavy atom. The van der Waals surface area contributed by atoms with Crippen LogP contribution in [-0.2, 0) is 28.5 Å². The number of aliphatic hydroxyl groups excluding tert-OH is 2. The van der Waals surface area contributed by atoms with Gasteiger partial charge in [-0.05, 0) is 62.8 Å². The molecule has 2 rings (SSSR count). The van der Waals surface area contributed by atoms with E-state index >= 15 is 0 Å². The van der Waals surface area contributed by atoms with Crippen LogP contribution in [0, 0.1) is 0 Å². The molecule has 0 bridgehead atoms. The second-order valence-corrected chi connectivity index (χ2v) is 7.42. The fourth-order valence-electron chi connectivity index (χ4n) is 3.23. The first kappa shape index (κ1) is 29.5. The lowest BCUT2D eigenvalue weighted by Gasteiger charge is -2.28. The fourth-order valence-corrected chi connectivity index (χ4v) is 3.23. The van der Waals surface area contributed by atoms with Crippen molar-refractivity contribution in [3.05, 3.63) is 47.5 Å². The summed E-state index contributed by atoms with van der Waals surface area (Å²) in [6.45, 7) is 5.32. The van der Waals surface area contributed by atoms with E-state index in [0.29, 0.717) is 26.4 Å². The first-order chi connectivity index (χ1) is 16.5. The van der Waals surface area contributed by atoms with Crippen LogP contribution in [0.3, 0.4) is 0 Å². The molecule has 0 aromatic heterocycles. The van der Waals surface area contributed by atoms with Gasteiger partial charge in [-0.25, -0.2) is 9.59 Å². The molecule has 0 heterocycles. The van der Waals surface area contributed by atoms with Crippen molar-refractivity contribution in [1.82, 2.24) is 0 Å². The van der Waals surface area contributed by atoms with Crippen molar-refractivity contribution in [3.63, 3.8) is 0 Å². The third-order valence-corrected chi connectivity index (χ3v) is 4.84. The Bertz CT molecular complexity index is 671. The number of aliphatic hydroxyl groups is 2. The Morgan fingerprint density at radius 2 is 1.12 bits per heavy atom. The van der Waals surface area contributed by atoms with Gasteiger partial charge in [0.25, 0.3) is 0 Å². The van der Waals surface area contributed by atoms with E-state index in [1.807, 2.05) is 24.3 Å². The molecule has 0 radical (unpaired) electrons. The second-order valence-electron chi connectivity index (χ2n) is 7.42. The van der Waals surface area contributed by atoms with Crippen LogP contribution in [0.1, 0.15) is 50.7 Å². The monoisotopic (exact) mass is 478 g/mol. The molecule has 190 valence electrons. The Morgan fingerprint density at radius 1 is 0.765 bits per heavy atom. The predicted molar refractivity (Wildman–Crippen MR) is 130 cm³/mol. The van der Waals surface area contributed by atoms with Gasteiger partial charge in [-0.1, -0.05) is 24.3 Å². The average molecular weight is 479 g/mol. The van der Waals surface area contributed by atoms with E-state index in [1.165, 1.54) is 12.2 Å². The number of carbonyl (C=O) groups is 2. The third kappa shape index (κ3) is 13.9. The van der Waals surface area contributed by atoms with E-state index in [0.717, 1.165) is 36.8 Å². The van der Waals surface area contributed by atoms with Crippen LogP contribution in [0.2, 0.25) is 0 Å². The Balaban J connectivity index is 0.000000362. The number of hydrogen-bond donors (Lipinski definition) is 2. The molecule has 2 N–H and O–H groups in total. The lowest BCUT2D eigenvalue weighted by atomic mass is 9.95. The summed E-state index contributed by atoms with van der Waals surface area (Å²) in [6, 6.07) is 7.39. The summed E-state index contributed by atoms with van der Waals surface area (Å²) in [7, 11) is 0. The van der Waals surface area contributed by atoms with Gasteiger partial charge in [0.05, 0.1) is 51.8 Å². The molecule has 34 heavy (non-hydrogen) atoms. The highest BCUT2D eigenvalue weighted by Gasteiger charge is 2.21. The van der Waals surface area contributed by atoms with Crippen molar-refractivity contribution >= 4 is 24.1 Å². The van der Waals surface area contributed by atoms with Gasteiger partial charge >= 0.3 is 11.9 Å². The molecule has 8 heteroatoms. The van der Waals surface area contributed by atoms with Gasteiger partial charge in [-0.3, -0.25) is 0 Å². The molecule has 1 aromatic rings. The Kier molecular flexibility index (Phi) is 16.4. The van der Waals surface area contributed by atoms with Crippen LogP contribution in [0.15, 0.2) is 36.4 Å². The molecule has 0 unspecified atom stereocenters. The first-order valence-corrected chi connectivity index (χ1v) is 11.8. The Labute approximate surface area is 202 Å². The normalized spacial score (nSPS) is 17.9. The van der Waals surface area contributed by atoms with E-state index in [4.69, 9.17) is 29.2 Å². The van der Waals surface area contributed by atoms with Crippen molar-refractivity contribution in [3.8, 4) is 0 Å². The smallest absolute Gasteiger partial charge is 0.330 e. The maximum Gasteiger partial charge on any atom is 0.330 e. The standard InChI is InChI=1S/C16H18O4.C10H20O4/c1-3-19-15(17)11-9-13-5-7-14(8-6-13)10-12-16(18)20-4-2;11-5-7-13-9-1-2-10(4-3-9)14-8-6-12/h5-12H,3-4H2,1-2H3;9-12H,1-8H2. The van der Waals surface area contributed by atoms with Gasteiger partial charge in [-0.15, -0.1) is 0 Å². The quantitative estimate of drug-likeness (QED) is 0.348. The first-order valence-electron chi connectivity index (χ1n) is 11.8. The summed E-state index contributed by atoms with van der Waals surface area (Å²) >= 11 is 0. The predicted octanol–water partition coefficient (Wildman–Crippen LogP) is 3.15. The van der Waals surface area contributed by atoms with Crippen LogP contribution in [0.5, 0.6) is 0 Å². The highest BCUT2D eigenvalue weighted by Crippen LogP contribution is 2.23. The SMILES string of the molecule is CCOC(=O)C=Cc1ccc(C=CC(=O)OCC)cc1.OCCOC1CCC(OCCO)CC1. The molecular formula is C26H38O8. The molecule has 1 fully saturated rings. The summed E-state index contributed by atoms with van der Waals surface area (Å²) in [5.74, 6) is -0.724. The summed E-state index contributed by atoms with van der Waals surface area (Å²) in [6.07, 6.45) is 10.7.